The van der Waals surface area contributed by atoms with Gasteiger partial charge < -0.3 is 15.3 Å². The number of nitrogens with one attached hydrogen (secondary N) is 1. The fraction of sp³-hybridized carbons (Fsp3) is 0.300. The minimum atomic E-state index is -1.16. The Kier molecular flexibility index (Phi) is 5.49. The molecule has 1 fully saturated rings. The van der Waals surface area contributed by atoms with E-state index < -0.39 is 11.9 Å². The van der Waals surface area contributed by atoms with Crippen LogP contribution >= 0.6 is 0 Å². The summed E-state index contributed by atoms with van der Waals surface area (Å²) in [7, 11) is 0. The van der Waals surface area contributed by atoms with Crippen LogP contribution in [0.2, 0.25) is 0 Å². The van der Waals surface area contributed by atoms with Gasteiger partial charge in [-0.3, -0.25) is 9.59 Å². The number of likely N-dealkylation sites (tertiary alicyclic amines) is 1. The number of piperidine rings is 1. The molecule has 0 radical (unpaired) electrons. The van der Waals surface area contributed by atoms with Gasteiger partial charge >= 0.3 is 5.97 Å². The summed E-state index contributed by atoms with van der Waals surface area (Å²) in [6.07, 6.45) is 3.15. The van der Waals surface area contributed by atoms with Crippen molar-refractivity contribution < 1.29 is 19.5 Å². The molecule has 0 bridgehead atoms. The minimum absolute atomic E-state index is 0.0999. The van der Waals surface area contributed by atoms with E-state index in [2.05, 4.69) is 17.2 Å². The van der Waals surface area contributed by atoms with Crippen molar-refractivity contribution in [2.24, 2.45) is 5.92 Å². The van der Waals surface area contributed by atoms with Crippen LogP contribution in [0.15, 0.2) is 42.6 Å². The first-order chi connectivity index (χ1) is 13.0. The number of rotatable bonds is 4. The fourth-order valence-electron chi connectivity index (χ4n) is 3.01. The Morgan fingerprint density at radius 3 is 2.44 bits per heavy atom. The van der Waals surface area contributed by atoms with Crippen LogP contribution in [0.25, 0.3) is 0 Å². The molecular weight excluding hydrogens is 346 g/mol. The van der Waals surface area contributed by atoms with E-state index >= 15 is 0 Å². The van der Waals surface area contributed by atoms with E-state index in [4.69, 9.17) is 5.11 Å². The summed E-state index contributed by atoms with van der Waals surface area (Å²) in [5.74, 6) is -1.09. The van der Waals surface area contributed by atoms with E-state index in [-0.39, 0.29) is 17.2 Å². The molecule has 7 nitrogen and oxygen atoms in total. The molecular formula is C20H21N3O4. The molecule has 1 aromatic heterocycles. The van der Waals surface area contributed by atoms with E-state index in [1.807, 2.05) is 4.90 Å². The van der Waals surface area contributed by atoms with E-state index in [0.29, 0.717) is 30.3 Å². The third-order valence-corrected chi connectivity index (χ3v) is 4.72. The van der Waals surface area contributed by atoms with Crippen molar-refractivity contribution in [3.8, 4) is 0 Å². The number of benzene rings is 1. The minimum Gasteiger partial charge on any atom is -0.477 e. The number of carbonyl (C=O) groups excluding carboxylic acids is 2. The van der Waals surface area contributed by atoms with Gasteiger partial charge in [0.05, 0.1) is 16.8 Å². The molecule has 2 amide bonds. The molecule has 1 aromatic carbocycles. The Balaban J connectivity index is 1.76. The summed E-state index contributed by atoms with van der Waals surface area (Å²) in [4.78, 5) is 41.7. The molecule has 0 unspecified atom stereocenters. The monoisotopic (exact) mass is 367 g/mol. The Hall–Kier alpha value is -3.22. The predicted molar refractivity (Wildman–Crippen MR) is 99.9 cm³/mol. The average molecular weight is 367 g/mol. The number of hydrogen-bond donors (Lipinski definition) is 2. The maximum Gasteiger partial charge on any atom is 0.354 e. The van der Waals surface area contributed by atoms with Gasteiger partial charge in [0.15, 0.2) is 0 Å². The highest BCUT2D eigenvalue weighted by molar-refractivity contribution is 6.09. The van der Waals surface area contributed by atoms with Crippen molar-refractivity contribution in [3.05, 3.63) is 59.4 Å². The smallest absolute Gasteiger partial charge is 0.354 e. The lowest BCUT2D eigenvalue weighted by molar-refractivity contribution is 0.0684. The molecule has 7 heteroatoms. The lowest BCUT2D eigenvalue weighted by Crippen LogP contribution is -2.38. The van der Waals surface area contributed by atoms with E-state index in [1.54, 1.807) is 24.3 Å². The number of anilines is 1. The number of aromatic carboxylic acids is 1. The summed E-state index contributed by atoms with van der Waals surface area (Å²) < 4.78 is 0. The van der Waals surface area contributed by atoms with Gasteiger partial charge in [-0.05, 0) is 43.0 Å². The molecule has 2 N–H and O–H groups in total. The van der Waals surface area contributed by atoms with Crippen molar-refractivity contribution in [1.29, 1.82) is 0 Å². The topological polar surface area (TPSA) is 99.6 Å². The molecule has 2 aromatic rings. The molecule has 1 aliphatic heterocycles. The molecule has 1 saturated heterocycles. The number of carboxylic acid groups (broad SMARTS) is 1. The van der Waals surface area contributed by atoms with Gasteiger partial charge in [0.2, 0.25) is 0 Å². The highest BCUT2D eigenvalue weighted by Gasteiger charge is 2.23. The van der Waals surface area contributed by atoms with Gasteiger partial charge in [0.25, 0.3) is 11.8 Å². The Morgan fingerprint density at radius 2 is 1.81 bits per heavy atom. The lowest BCUT2D eigenvalue weighted by Gasteiger charge is -2.30. The van der Waals surface area contributed by atoms with Gasteiger partial charge in [0, 0.05) is 19.3 Å². The van der Waals surface area contributed by atoms with Crippen LogP contribution in [-0.4, -0.2) is 45.9 Å². The Labute approximate surface area is 157 Å². The molecule has 140 valence electrons. The highest BCUT2D eigenvalue weighted by atomic mass is 16.4. The third-order valence-electron chi connectivity index (χ3n) is 4.72. The standard InChI is InChI=1S/C20H21N3O4/c1-13-8-10-23(11-9-13)19(25)15-4-2-3-5-16(15)22-18(24)14-6-7-17(20(26)27)21-12-14/h2-7,12-13H,8-11H2,1H3,(H,22,24)(H,26,27). The normalized spacial score (nSPS) is 14.6. The van der Waals surface area contributed by atoms with E-state index in [9.17, 15) is 14.4 Å². The van der Waals surface area contributed by atoms with Crippen LogP contribution in [0.3, 0.4) is 0 Å². The van der Waals surface area contributed by atoms with Crippen LogP contribution < -0.4 is 5.32 Å². The summed E-state index contributed by atoms with van der Waals surface area (Å²) in [5, 5.41) is 11.6. The van der Waals surface area contributed by atoms with E-state index in [1.165, 1.54) is 18.3 Å². The number of carbonyl (C=O) groups is 3. The first kappa shape index (κ1) is 18.6. The van der Waals surface area contributed by atoms with Gasteiger partial charge in [0.1, 0.15) is 5.69 Å². The van der Waals surface area contributed by atoms with Crippen molar-refractivity contribution in [3.63, 3.8) is 0 Å². The number of para-hydroxylation sites is 1. The number of aromatic nitrogens is 1. The fourth-order valence-corrected chi connectivity index (χ4v) is 3.01. The maximum atomic E-state index is 12.9. The number of nitrogens with zero attached hydrogens (tertiary/aromatic N) is 2. The molecule has 0 atom stereocenters. The third kappa shape index (κ3) is 4.31. The zero-order valence-electron chi connectivity index (χ0n) is 15.0. The van der Waals surface area contributed by atoms with Crippen LogP contribution in [0.5, 0.6) is 0 Å². The Bertz CT molecular complexity index is 856. The second-order valence-electron chi connectivity index (χ2n) is 6.71. The van der Waals surface area contributed by atoms with Crippen molar-refractivity contribution in [2.75, 3.05) is 18.4 Å². The first-order valence-corrected chi connectivity index (χ1v) is 8.84. The molecule has 0 saturated carbocycles. The quantitative estimate of drug-likeness (QED) is 0.865. The number of pyridine rings is 1. The zero-order valence-corrected chi connectivity index (χ0v) is 15.0. The van der Waals surface area contributed by atoms with E-state index in [0.717, 1.165) is 12.8 Å². The average Bonchev–Trinajstić information content (AvgIpc) is 2.68. The predicted octanol–water partition coefficient (Wildman–Crippen LogP) is 2.90. The van der Waals surface area contributed by atoms with Crippen molar-refractivity contribution >= 4 is 23.5 Å². The summed E-state index contributed by atoms with van der Waals surface area (Å²) >= 11 is 0. The molecule has 1 aliphatic rings. The lowest BCUT2D eigenvalue weighted by atomic mass is 9.98. The molecule has 0 aliphatic carbocycles. The summed E-state index contributed by atoms with van der Waals surface area (Å²) in [5.41, 5.74) is 0.944. The SMILES string of the molecule is CC1CCN(C(=O)c2ccccc2NC(=O)c2ccc(C(=O)O)nc2)CC1. The van der Waals surface area contributed by atoms with Crippen LogP contribution in [0.4, 0.5) is 5.69 Å². The second kappa shape index (κ2) is 7.99. The molecule has 27 heavy (non-hydrogen) atoms. The van der Waals surface area contributed by atoms with Crippen LogP contribution in [0, 0.1) is 5.92 Å². The van der Waals surface area contributed by atoms with Gasteiger partial charge in [-0.15, -0.1) is 0 Å². The van der Waals surface area contributed by atoms with Crippen molar-refractivity contribution in [2.45, 2.75) is 19.8 Å². The van der Waals surface area contributed by atoms with Gasteiger partial charge in [-0.1, -0.05) is 19.1 Å². The number of carboxylic acids is 1. The summed E-state index contributed by atoms with van der Waals surface area (Å²) in [6.45, 7) is 3.60. The summed E-state index contributed by atoms with van der Waals surface area (Å²) in [6, 6.07) is 9.54. The molecule has 0 spiro atoms. The zero-order chi connectivity index (χ0) is 19.4. The Morgan fingerprint density at radius 1 is 1.11 bits per heavy atom. The largest absolute Gasteiger partial charge is 0.477 e. The first-order valence-electron chi connectivity index (χ1n) is 8.84. The van der Waals surface area contributed by atoms with Crippen LogP contribution in [-0.2, 0) is 0 Å². The van der Waals surface area contributed by atoms with Gasteiger partial charge in [-0.2, -0.15) is 0 Å². The number of hydrogen-bond acceptors (Lipinski definition) is 4. The molecule has 2 heterocycles. The second-order valence-corrected chi connectivity index (χ2v) is 6.71. The van der Waals surface area contributed by atoms with Gasteiger partial charge in [-0.25, -0.2) is 9.78 Å². The highest BCUT2D eigenvalue weighted by Crippen LogP contribution is 2.22. The van der Waals surface area contributed by atoms with Crippen molar-refractivity contribution in [1.82, 2.24) is 9.88 Å². The number of amides is 2. The van der Waals surface area contributed by atoms with Crippen LogP contribution in [0.1, 0.15) is 51.0 Å². The maximum absolute atomic E-state index is 12.9. The molecule has 3 rings (SSSR count).